The molecule has 0 amide bonds. The van der Waals surface area contributed by atoms with E-state index in [0.717, 1.165) is 5.69 Å². The smallest absolute Gasteiger partial charge is 0.200 e. The van der Waals surface area contributed by atoms with Crippen LogP contribution in [0.5, 0.6) is 0 Å². The van der Waals surface area contributed by atoms with Crippen LogP contribution in [0.4, 0.5) is 5.69 Å². The fraction of sp³-hybridized carbons (Fsp3) is 0. The summed E-state index contributed by atoms with van der Waals surface area (Å²) in [5.41, 5.74) is 0.910. The summed E-state index contributed by atoms with van der Waals surface area (Å²) in [5, 5.41) is 10.8. The van der Waals surface area contributed by atoms with Crippen molar-refractivity contribution in [1.82, 2.24) is 15.1 Å². The quantitative estimate of drug-likeness (QED) is 0.769. The molecule has 0 fully saturated rings. The number of para-hydroxylation sites is 1. The largest absolute Gasteiger partial charge is 0.332 e. The van der Waals surface area contributed by atoms with E-state index in [2.05, 4.69) is 15.7 Å². The Bertz CT molecular complexity index is 508. The van der Waals surface area contributed by atoms with Gasteiger partial charge in [0.25, 0.3) is 0 Å². The van der Waals surface area contributed by atoms with Gasteiger partial charge in [0, 0.05) is 18.1 Å². The highest BCUT2D eigenvalue weighted by atomic mass is 32.1. The zero-order chi connectivity index (χ0) is 12.1. The van der Waals surface area contributed by atoms with Crippen LogP contribution in [0.2, 0.25) is 0 Å². The Hall–Kier alpha value is -1.79. The lowest BCUT2D eigenvalue weighted by Gasteiger charge is -2.10. The zero-order valence-electron chi connectivity index (χ0n) is 8.83. The Balaban J connectivity index is 1.92. The van der Waals surface area contributed by atoms with Gasteiger partial charge in [-0.15, -0.1) is 0 Å². The number of hydrogen-bond donors (Lipinski definition) is 2. The minimum Gasteiger partial charge on any atom is -0.332 e. The fourth-order valence-electron chi connectivity index (χ4n) is 1.23. The number of nitrogens with zero attached hydrogens (tertiary/aromatic N) is 2. The van der Waals surface area contributed by atoms with Crippen molar-refractivity contribution in [3.05, 3.63) is 48.8 Å². The molecule has 0 bridgehead atoms. The van der Waals surface area contributed by atoms with E-state index in [1.807, 2.05) is 30.3 Å². The molecule has 6 heteroatoms. The predicted octanol–water partition coefficient (Wildman–Crippen LogP) is 2.00. The van der Waals surface area contributed by atoms with Crippen LogP contribution in [0.15, 0.2) is 48.8 Å². The van der Waals surface area contributed by atoms with Gasteiger partial charge in [-0.25, -0.2) is 4.68 Å². The molecular weight excluding hydrogens is 252 g/mol. The van der Waals surface area contributed by atoms with Crippen molar-refractivity contribution in [3.63, 3.8) is 0 Å². The van der Waals surface area contributed by atoms with Gasteiger partial charge in [0.05, 0.1) is 0 Å². The topological polar surface area (TPSA) is 41.9 Å². The molecule has 0 spiro atoms. The third-order valence-electron chi connectivity index (χ3n) is 1.96. The van der Waals surface area contributed by atoms with Crippen molar-refractivity contribution in [2.75, 3.05) is 5.32 Å². The average Bonchev–Trinajstić information content (AvgIpc) is 2.83. The summed E-state index contributed by atoms with van der Waals surface area (Å²) < 4.78 is 1.54. The summed E-state index contributed by atoms with van der Waals surface area (Å²) in [4.78, 5) is 0. The number of aromatic nitrogens is 2. The van der Waals surface area contributed by atoms with Gasteiger partial charge in [-0.2, -0.15) is 5.10 Å². The third kappa shape index (κ3) is 3.33. The van der Waals surface area contributed by atoms with Gasteiger partial charge in [0.1, 0.15) is 0 Å². The Kier molecular flexibility index (Phi) is 3.79. The van der Waals surface area contributed by atoms with E-state index in [9.17, 15) is 0 Å². The molecule has 4 nitrogen and oxygen atoms in total. The summed E-state index contributed by atoms with van der Waals surface area (Å²) in [7, 11) is 0. The molecule has 0 radical (unpaired) electrons. The normalized spacial score (nSPS) is 9.65. The predicted molar refractivity (Wildman–Crippen MR) is 76.0 cm³/mol. The molecule has 17 heavy (non-hydrogen) atoms. The van der Waals surface area contributed by atoms with Gasteiger partial charge < -0.3 is 10.6 Å². The molecule has 2 rings (SSSR count). The number of nitrogens with one attached hydrogen (secondary N) is 2. The highest BCUT2D eigenvalue weighted by Crippen LogP contribution is 2.04. The molecule has 0 saturated carbocycles. The third-order valence-corrected chi connectivity index (χ3v) is 2.46. The van der Waals surface area contributed by atoms with Crippen molar-refractivity contribution < 1.29 is 0 Å². The van der Waals surface area contributed by atoms with Crippen LogP contribution < -0.4 is 10.6 Å². The summed E-state index contributed by atoms with van der Waals surface area (Å²) in [5.74, 6) is 0. The molecule has 1 heterocycles. The van der Waals surface area contributed by atoms with Crippen molar-refractivity contribution in [2.45, 2.75) is 0 Å². The van der Waals surface area contributed by atoms with Gasteiger partial charge in [0.2, 0.25) is 0 Å². The van der Waals surface area contributed by atoms with Gasteiger partial charge in [0.15, 0.2) is 10.2 Å². The number of hydrogen-bond acceptors (Lipinski definition) is 3. The maximum atomic E-state index is 5.14. The van der Waals surface area contributed by atoms with E-state index in [-0.39, 0.29) is 0 Å². The van der Waals surface area contributed by atoms with E-state index in [4.69, 9.17) is 24.4 Å². The first kappa shape index (κ1) is 11.7. The molecule has 0 aliphatic heterocycles. The fourth-order valence-corrected chi connectivity index (χ4v) is 1.72. The van der Waals surface area contributed by atoms with Crippen LogP contribution in [-0.4, -0.2) is 20.0 Å². The lowest BCUT2D eigenvalue weighted by molar-refractivity contribution is 0.925. The van der Waals surface area contributed by atoms with Gasteiger partial charge in [-0.1, -0.05) is 18.2 Å². The molecule has 2 N–H and O–H groups in total. The Morgan fingerprint density at radius 1 is 1.12 bits per heavy atom. The van der Waals surface area contributed by atoms with E-state index >= 15 is 0 Å². The highest BCUT2D eigenvalue weighted by molar-refractivity contribution is 7.82. The van der Waals surface area contributed by atoms with E-state index < -0.39 is 0 Å². The second-order valence-corrected chi connectivity index (χ2v) is 4.00. The number of benzene rings is 1. The van der Waals surface area contributed by atoms with Crippen molar-refractivity contribution >= 4 is 40.3 Å². The minimum absolute atomic E-state index is 0.434. The van der Waals surface area contributed by atoms with Crippen LogP contribution in [0, 0.1) is 0 Å². The molecule has 0 unspecified atom stereocenters. The Labute approximate surface area is 110 Å². The van der Waals surface area contributed by atoms with Crippen LogP contribution in [0.3, 0.4) is 0 Å². The molecule has 1 aromatic carbocycles. The van der Waals surface area contributed by atoms with Crippen LogP contribution >= 0.6 is 24.4 Å². The number of rotatable bonds is 1. The molecule has 0 aliphatic carbocycles. The molecular formula is C11H10N4S2. The second-order valence-electron chi connectivity index (χ2n) is 3.20. The SMILES string of the molecule is S=C(NC(=S)n1cccn1)Nc1ccccc1. The molecule has 2 aromatic rings. The van der Waals surface area contributed by atoms with Crippen LogP contribution in [-0.2, 0) is 0 Å². The van der Waals surface area contributed by atoms with Crippen molar-refractivity contribution in [2.24, 2.45) is 0 Å². The van der Waals surface area contributed by atoms with Gasteiger partial charge in [-0.05, 0) is 42.6 Å². The molecule has 1 aromatic heterocycles. The van der Waals surface area contributed by atoms with Crippen LogP contribution in [0.1, 0.15) is 0 Å². The lowest BCUT2D eigenvalue weighted by Crippen LogP contribution is -2.37. The Morgan fingerprint density at radius 3 is 2.53 bits per heavy atom. The zero-order valence-corrected chi connectivity index (χ0v) is 10.5. The van der Waals surface area contributed by atoms with Crippen molar-refractivity contribution in [1.29, 1.82) is 0 Å². The molecule has 0 aliphatic rings. The summed E-state index contributed by atoms with van der Waals surface area (Å²) in [6, 6.07) is 11.4. The maximum Gasteiger partial charge on any atom is 0.200 e. The maximum absolute atomic E-state index is 5.14. The summed E-state index contributed by atoms with van der Waals surface area (Å²) in [6.07, 6.45) is 3.40. The first-order chi connectivity index (χ1) is 8.25. The Morgan fingerprint density at radius 2 is 1.88 bits per heavy atom. The number of thiocarbonyl (C=S) groups is 2. The first-order valence-electron chi connectivity index (χ1n) is 4.93. The molecule has 86 valence electrons. The molecule has 0 atom stereocenters. The van der Waals surface area contributed by atoms with Crippen LogP contribution in [0.25, 0.3) is 0 Å². The number of anilines is 1. The van der Waals surface area contributed by atoms with E-state index in [1.54, 1.807) is 18.5 Å². The monoisotopic (exact) mass is 262 g/mol. The summed E-state index contributed by atoms with van der Waals surface area (Å²) in [6.45, 7) is 0. The van der Waals surface area contributed by atoms with E-state index in [0.29, 0.717) is 10.2 Å². The first-order valence-corrected chi connectivity index (χ1v) is 5.74. The second kappa shape index (κ2) is 5.51. The van der Waals surface area contributed by atoms with E-state index in [1.165, 1.54) is 4.68 Å². The standard InChI is InChI=1S/C11H10N4S2/c16-10(13-9-5-2-1-3-6-9)14-11(17)15-8-4-7-12-15/h1-8H,(H2,13,14,16,17). The van der Waals surface area contributed by atoms with Gasteiger partial charge in [-0.3, -0.25) is 0 Å². The highest BCUT2D eigenvalue weighted by Gasteiger charge is 2.02. The van der Waals surface area contributed by atoms with Crippen molar-refractivity contribution in [3.8, 4) is 0 Å². The minimum atomic E-state index is 0.434. The average molecular weight is 262 g/mol. The summed E-state index contributed by atoms with van der Waals surface area (Å²) >= 11 is 10.3. The van der Waals surface area contributed by atoms with Gasteiger partial charge >= 0.3 is 0 Å². The lowest BCUT2D eigenvalue weighted by atomic mass is 10.3. The molecule has 0 saturated heterocycles.